The number of nitrogens with one attached hydrogen (secondary N) is 1. The number of H-pyrrole nitrogens is 1. The average molecular weight is 459 g/mol. The molecule has 1 fully saturated rings. The highest BCUT2D eigenvalue weighted by Gasteiger charge is 2.25. The summed E-state index contributed by atoms with van der Waals surface area (Å²) >= 11 is 0. The molecule has 0 bridgehead atoms. The molecule has 34 heavy (non-hydrogen) atoms. The summed E-state index contributed by atoms with van der Waals surface area (Å²) in [4.78, 5) is 25.8. The van der Waals surface area contributed by atoms with Gasteiger partial charge in [-0.05, 0) is 36.4 Å². The molecule has 1 amide bonds. The van der Waals surface area contributed by atoms with Gasteiger partial charge in [-0.3, -0.25) is 9.89 Å². The summed E-state index contributed by atoms with van der Waals surface area (Å²) in [7, 11) is 0. The summed E-state index contributed by atoms with van der Waals surface area (Å²) in [5.41, 5.74) is 2.79. The molecular formula is C23H21N7O4. The number of benzene rings is 1. The zero-order valence-corrected chi connectivity index (χ0v) is 18.4. The summed E-state index contributed by atoms with van der Waals surface area (Å²) in [5, 5.41) is 11.1. The molecule has 3 aromatic heterocycles. The van der Waals surface area contributed by atoms with Crippen molar-refractivity contribution in [3.05, 3.63) is 54.2 Å². The summed E-state index contributed by atoms with van der Waals surface area (Å²) in [6.07, 6.45) is 1.74. The maximum atomic E-state index is 13.0. The molecule has 172 valence electrons. The van der Waals surface area contributed by atoms with E-state index in [0.29, 0.717) is 60.8 Å². The second-order valence-electron chi connectivity index (χ2n) is 8.06. The fourth-order valence-electron chi connectivity index (χ4n) is 4.07. The van der Waals surface area contributed by atoms with Gasteiger partial charge in [-0.25, -0.2) is 4.98 Å². The summed E-state index contributed by atoms with van der Waals surface area (Å²) in [6, 6.07) is 11.2. The molecule has 0 unspecified atom stereocenters. The average Bonchev–Trinajstić information content (AvgIpc) is 3.64. The zero-order chi connectivity index (χ0) is 23.1. The van der Waals surface area contributed by atoms with Crippen molar-refractivity contribution in [3.8, 4) is 34.1 Å². The Morgan fingerprint density at radius 3 is 2.59 bits per heavy atom. The van der Waals surface area contributed by atoms with Crippen molar-refractivity contribution in [1.82, 2.24) is 30.2 Å². The molecule has 0 atom stereocenters. The number of ether oxygens (including phenoxy) is 2. The van der Waals surface area contributed by atoms with Crippen LogP contribution in [-0.2, 0) is 0 Å². The largest absolute Gasteiger partial charge is 0.454 e. The van der Waals surface area contributed by atoms with Crippen LogP contribution in [0.15, 0.2) is 47.1 Å². The maximum absolute atomic E-state index is 13.0. The minimum atomic E-state index is -0.0741. The van der Waals surface area contributed by atoms with Crippen molar-refractivity contribution >= 4 is 11.7 Å². The van der Waals surface area contributed by atoms with E-state index in [2.05, 4.69) is 30.2 Å². The molecule has 5 heterocycles. The monoisotopic (exact) mass is 459 g/mol. The Balaban J connectivity index is 1.09. The number of fused-ring (bicyclic) bond motifs is 1. The second-order valence-corrected chi connectivity index (χ2v) is 8.06. The van der Waals surface area contributed by atoms with Gasteiger partial charge in [0.1, 0.15) is 11.5 Å². The van der Waals surface area contributed by atoms with Crippen LogP contribution in [0.1, 0.15) is 16.4 Å². The molecule has 1 aromatic carbocycles. The van der Waals surface area contributed by atoms with E-state index < -0.39 is 0 Å². The number of aryl methyl sites for hydroxylation is 1. The Labute approximate surface area is 194 Å². The normalized spacial score (nSPS) is 15.1. The van der Waals surface area contributed by atoms with E-state index in [0.717, 1.165) is 16.9 Å². The number of piperazine rings is 1. The lowest BCUT2D eigenvalue weighted by atomic mass is 10.1. The van der Waals surface area contributed by atoms with E-state index in [-0.39, 0.29) is 12.7 Å². The third-order valence-corrected chi connectivity index (χ3v) is 5.90. The highest BCUT2D eigenvalue weighted by molar-refractivity contribution is 5.93. The minimum Gasteiger partial charge on any atom is -0.454 e. The molecule has 2 aliphatic rings. The minimum absolute atomic E-state index is 0.0741. The Kier molecular flexibility index (Phi) is 4.86. The molecule has 1 saturated heterocycles. The number of aromatic amines is 1. The standard InChI is InChI=1S/C23H21N7O4/c1-14-25-22(28-34-14)16-3-5-21(24-12-16)29-6-8-30(9-7-29)23(31)18-11-17(26-27-18)15-2-4-19-20(10-15)33-13-32-19/h2-5,10-12H,6-9,13H2,1H3,(H,26,27). The van der Waals surface area contributed by atoms with Gasteiger partial charge in [-0.2, -0.15) is 10.1 Å². The van der Waals surface area contributed by atoms with Gasteiger partial charge in [0.05, 0.1) is 5.69 Å². The van der Waals surface area contributed by atoms with E-state index in [4.69, 9.17) is 14.0 Å². The van der Waals surface area contributed by atoms with E-state index in [9.17, 15) is 4.79 Å². The van der Waals surface area contributed by atoms with E-state index in [1.54, 1.807) is 19.2 Å². The van der Waals surface area contributed by atoms with Gasteiger partial charge in [-0.15, -0.1) is 0 Å². The van der Waals surface area contributed by atoms with Crippen molar-refractivity contribution < 1.29 is 18.8 Å². The summed E-state index contributed by atoms with van der Waals surface area (Å²) in [6.45, 7) is 4.51. The molecule has 6 rings (SSSR count). The smallest absolute Gasteiger partial charge is 0.272 e. The molecule has 2 aliphatic heterocycles. The Hall–Kier alpha value is -4.41. The van der Waals surface area contributed by atoms with E-state index in [1.807, 2.05) is 35.2 Å². The van der Waals surface area contributed by atoms with Crippen LogP contribution in [0.4, 0.5) is 5.82 Å². The molecular weight excluding hydrogens is 438 g/mol. The molecule has 1 N–H and O–H groups in total. The van der Waals surface area contributed by atoms with Gasteiger partial charge in [0, 0.05) is 50.4 Å². The van der Waals surface area contributed by atoms with Gasteiger partial charge in [0.2, 0.25) is 18.5 Å². The fraction of sp³-hybridized carbons (Fsp3) is 0.261. The fourth-order valence-corrected chi connectivity index (χ4v) is 4.07. The number of anilines is 1. The SMILES string of the molecule is Cc1nc(-c2ccc(N3CCN(C(=O)c4cc(-c5ccc6c(c5)OCO6)n[nH]4)CC3)nc2)no1. The number of hydrogen-bond acceptors (Lipinski definition) is 9. The summed E-state index contributed by atoms with van der Waals surface area (Å²) in [5.74, 6) is 3.20. The molecule has 0 saturated carbocycles. The molecule has 0 spiro atoms. The first-order chi connectivity index (χ1) is 16.6. The van der Waals surface area contributed by atoms with Crippen LogP contribution in [0.5, 0.6) is 11.5 Å². The van der Waals surface area contributed by atoms with Crippen LogP contribution in [0, 0.1) is 6.92 Å². The quantitative estimate of drug-likeness (QED) is 0.490. The van der Waals surface area contributed by atoms with Crippen molar-refractivity contribution in [3.63, 3.8) is 0 Å². The summed E-state index contributed by atoms with van der Waals surface area (Å²) < 4.78 is 15.8. The topological polar surface area (TPSA) is 123 Å². The van der Waals surface area contributed by atoms with Crippen LogP contribution in [0.2, 0.25) is 0 Å². The molecule has 11 heteroatoms. The van der Waals surface area contributed by atoms with Gasteiger partial charge < -0.3 is 23.8 Å². The number of amides is 1. The number of hydrogen-bond donors (Lipinski definition) is 1. The second kappa shape index (κ2) is 8.18. The van der Waals surface area contributed by atoms with Gasteiger partial charge in [0.15, 0.2) is 11.5 Å². The predicted molar refractivity (Wildman–Crippen MR) is 121 cm³/mol. The van der Waals surface area contributed by atoms with E-state index >= 15 is 0 Å². The lowest BCUT2D eigenvalue weighted by Crippen LogP contribution is -2.49. The third kappa shape index (κ3) is 3.70. The van der Waals surface area contributed by atoms with Crippen molar-refractivity contribution in [1.29, 1.82) is 0 Å². The zero-order valence-electron chi connectivity index (χ0n) is 18.4. The molecule has 4 aromatic rings. The first-order valence-corrected chi connectivity index (χ1v) is 10.9. The van der Waals surface area contributed by atoms with Gasteiger partial charge in [-0.1, -0.05) is 5.16 Å². The number of pyridine rings is 1. The van der Waals surface area contributed by atoms with E-state index in [1.165, 1.54) is 0 Å². The van der Waals surface area contributed by atoms with Crippen molar-refractivity contribution in [2.75, 3.05) is 37.9 Å². The maximum Gasteiger partial charge on any atom is 0.272 e. The Morgan fingerprint density at radius 2 is 1.82 bits per heavy atom. The lowest BCUT2D eigenvalue weighted by molar-refractivity contribution is 0.0740. The predicted octanol–water partition coefficient (Wildman–Crippen LogP) is 2.52. The first-order valence-electron chi connectivity index (χ1n) is 10.9. The van der Waals surface area contributed by atoms with Crippen LogP contribution >= 0.6 is 0 Å². The number of carbonyl (C=O) groups excluding carboxylic acids is 1. The first kappa shape index (κ1) is 20.2. The number of nitrogens with zero attached hydrogens (tertiary/aromatic N) is 6. The Morgan fingerprint density at radius 1 is 1.00 bits per heavy atom. The highest BCUT2D eigenvalue weighted by atomic mass is 16.7. The Bertz CT molecular complexity index is 1340. The highest BCUT2D eigenvalue weighted by Crippen LogP contribution is 2.35. The van der Waals surface area contributed by atoms with Crippen LogP contribution in [0.25, 0.3) is 22.6 Å². The van der Waals surface area contributed by atoms with Gasteiger partial charge >= 0.3 is 0 Å². The lowest BCUT2D eigenvalue weighted by Gasteiger charge is -2.35. The van der Waals surface area contributed by atoms with Gasteiger partial charge in [0.25, 0.3) is 5.91 Å². The molecule has 11 nitrogen and oxygen atoms in total. The number of aromatic nitrogens is 5. The third-order valence-electron chi connectivity index (χ3n) is 5.90. The molecule has 0 radical (unpaired) electrons. The van der Waals surface area contributed by atoms with Crippen LogP contribution < -0.4 is 14.4 Å². The van der Waals surface area contributed by atoms with Crippen molar-refractivity contribution in [2.45, 2.75) is 6.92 Å². The number of rotatable bonds is 4. The van der Waals surface area contributed by atoms with Crippen molar-refractivity contribution in [2.24, 2.45) is 0 Å². The van der Waals surface area contributed by atoms with Crippen LogP contribution in [0.3, 0.4) is 0 Å². The molecule has 0 aliphatic carbocycles. The number of carbonyl (C=O) groups is 1. The van der Waals surface area contributed by atoms with Crippen LogP contribution in [-0.4, -0.2) is 69.1 Å².